The maximum Gasteiger partial charge on any atom is 0.230 e. The first-order valence-corrected chi connectivity index (χ1v) is 10.7. The standard InChI is InChI=1S/C19H25ClN4O2S/c1-3-24-17(5-4-10-26-16-9-6-14(20)11-13(16)2)22-23-19(24)27-12-18(25)21-15-7-8-15/h6,9,11,15H,3-5,7-8,10,12H2,1-2H3,(H,21,25). The van der Waals surface area contributed by atoms with Gasteiger partial charge in [0.15, 0.2) is 5.16 Å². The maximum absolute atomic E-state index is 11.9. The highest BCUT2D eigenvalue weighted by Gasteiger charge is 2.23. The van der Waals surface area contributed by atoms with E-state index in [0.29, 0.717) is 23.4 Å². The van der Waals surface area contributed by atoms with Crippen molar-refractivity contribution >= 4 is 29.3 Å². The summed E-state index contributed by atoms with van der Waals surface area (Å²) in [6, 6.07) is 6.02. The minimum Gasteiger partial charge on any atom is -0.493 e. The van der Waals surface area contributed by atoms with Crippen LogP contribution in [-0.2, 0) is 17.8 Å². The zero-order valence-corrected chi connectivity index (χ0v) is 17.3. The van der Waals surface area contributed by atoms with E-state index >= 15 is 0 Å². The molecule has 0 unspecified atom stereocenters. The molecule has 1 fully saturated rings. The van der Waals surface area contributed by atoms with Gasteiger partial charge in [0.25, 0.3) is 0 Å². The van der Waals surface area contributed by atoms with Gasteiger partial charge in [0, 0.05) is 24.0 Å². The van der Waals surface area contributed by atoms with Gasteiger partial charge in [0.2, 0.25) is 5.91 Å². The van der Waals surface area contributed by atoms with Crippen LogP contribution < -0.4 is 10.1 Å². The number of nitrogens with zero attached hydrogens (tertiary/aromatic N) is 3. The van der Waals surface area contributed by atoms with Crippen molar-refractivity contribution < 1.29 is 9.53 Å². The molecule has 1 aromatic carbocycles. The molecule has 1 aromatic heterocycles. The second-order valence-corrected chi connectivity index (χ2v) is 8.01. The fourth-order valence-electron chi connectivity index (χ4n) is 2.74. The van der Waals surface area contributed by atoms with Crippen LogP contribution >= 0.6 is 23.4 Å². The van der Waals surface area contributed by atoms with E-state index in [0.717, 1.165) is 54.5 Å². The molecule has 2 aromatic rings. The predicted molar refractivity (Wildman–Crippen MR) is 108 cm³/mol. The van der Waals surface area contributed by atoms with Crippen LogP contribution in [0.5, 0.6) is 5.75 Å². The van der Waals surface area contributed by atoms with Gasteiger partial charge in [0.05, 0.1) is 12.4 Å². The van der Waals surface area contributed by atoms with Crippen molar-refractivity contribution in [3.63, 3.8) is 0 Å². The number of aromatic nitrogens is 3. The van der Waals surface area contributed by atoms with Gasteiger partial charge in [-0.3, -0.25) is 4.79 Å². The number of halogens is 1. The van der Waals surface area contributed by atoms with Gasteiger partial charge < -0.3 is 14.6 Å². The third-order valence-electron chi connectivity index (χ3n) is 4.32. The van der Waals surface area contributed by atoms with Gasteiger partial charge in [0.1, 0.15) is 11.6 Å². The summed E-state index contributed by atoms with van der Waals surface area (Å²) in [6.07, 6.45) is 3.82. The molecule has 0 aliphatic heterocycles. The molecule has 27 heavy (non-hydrogen) atoms. The molecule has 1 aliphatic carbocycles. The normalized spacial score (nSPS) is 13.6. The molecule has 0 spiro atoms. The lowest BCUT2D eigenvalue weighted by atomic mass is 10.2. The quantitative estimate of drug-likeness (QED) is 0.480. The molecule has 1 amide bonds. The summed E-state index contributed by atoms with van der Waals surface area (Å²) in [5.41, 5.74) is 1.03. The first kappa shape index (κ1) is 20.0. The van der Waals surface area contributed by atoms with Crippen molar-refractivity contribution in [3.05, 3.63) is 34.6 Å². The van der Waals surface area contributed by atoms with Crippen molar-refractivity contribution in [2.45, 2.75) is 57.3 Å². The van der Waals surface area contributed by atoms with Crippen LogP contribution in [0.15, 0.2) is 23.4 Å². The van der Waals surface area contributed by atoms with Gasteiger partial charge in [-0.2, -0.15) is 0 Å². The summed E-state index contributed by atoms with van der Waals surface area (Å²) in [6.45, 7) is 5.43. The monoisotopic (exact) mass is 408 g/mol. The SMILES string of the molecule is CCn1c(CCCOc2ccc(Cl)cc2C)nnc1SCC(=O)NC1CC1. The molecular formula is C19H25ClN4O2S. The Hall–Kier alpha value is -1.73. The Morgan fingerprint density at radius 2 is 2.22 bits per heavy atom. The summed E-state index contributed by atoms with van der Waals surface area (Å²) in [5.74, 6) is 2.24. The first-order chi connectivity index (χ1) is 13.1. The van der Waals surface area contributed by atoms with Gasteiger partial charge in [-0.25, -0.2) is 0 Å². The molecule has 1 heterocycles. The smallest absolute Gasteiger partial charge is 0.230 e. The van der Waals surface area contributed by atoms with Gasteiger partial charge in [-0.1, -0.05) is 23.4 Å². The number of carbonyl (C=O) groups excluding carboxylic acids is 1. The van der Waals surface area contributed by atoms with Crippen molar-refractivity contribution in [2.24, 2.45) is 0 Å². The molecular weight excluding hydrogens is 384 g/mol. The van der Waals surface area contributed by atoms with Gasteiger partial charge >= 0.3 is 0 Å². The Labute approximate surface area is 169 Å². The Morgan fingerprint density at radius 3 is 2.93 bits per heavy atom. The van der Waals surface area contributed by atoms with E-state index in [1.165, 1.54) is 11.8 Å². The van der Waals surface area contributed by atoms with Crippen molar-refractivity contribution in [1.82, 2.24) is 20.1 Å². The third-order valence-corrected chi connectivity index (χ3v) is 5.53. The van der Waals surface area contributed by atoms with Crippen molar-refractivity contribution in [1.29, 1.82) is 0 Å². The molecule has 3 rings (SSSR count). The lowest BCUT2D eigenvalue weighted by Crippen LogP contribution is -2.27. The number of ether oxygens (including phenoxy) is 1. The number of thioether (sulfide) groups is 1. The highest BCUT2D eigenvalue weighted by atomic mass is 35.5. The number of aryl methyl sites for hydroxylation is 2. The molecule has 1 saturated carbocycles. The fourth-order valence-corrected chi connectivity index (χ4v) is 3.80. The summed E-state index contributed by atoms with van der Waals surface area (Å²) in [7, 11) is 0. The van der Waals surface area contributed by atoms with Crippen LogP contribution in [0.4, 0.5) is 0 Å². The van der Waals surface area contributed by atoms with Crippen LogP contribution in [0.2, 0.25) is 5.02 Å². The van der Waals surface area contributed by atoms with E-state index in [-0.39, 0.29) is 5.91 Å². The first-order valence-electron chi connectivity index (χ1n) is 9.30. The Kier molecular flexibility index (Phi) is 7.01. The summed E-state index contributed by atoms with van der Waals surface area (Å²) < 4.78 is 7.91. The predicted octanol–water partition coefficient (Wildman–Crippen LogP) is 3.64. The Balaban J connectivity index is 1.46. The van der Waals surface area contributed by atoms with Crippen LogP contribution in [0, 0.1) is 6.92 Å². The minimum absolute atomic E-state index is 0.0708. The number of amides is 1. The minimum atomic E-state index is 0.0708. The second kappa shape index (κ2) is 9.46. The lowest BCUT2D eigenvalue weighted by Gasteiger charge is -2.10. The van der Waals surface area contributed by atoms with E-state index in [1.807, 2.05) is 25.1 Å². The average Bonchev–Trinajstić information content (AvgIpc) is 3.36. The molecule has 1 aliphatic rings. The van der Waals surface area contributed by atoms with Crippen LogP contribution in [0.3, 0.4) is 0 Å². The third kappa shape index (κ3) is 5.87. The number of rotatable bonds is 10. The molecule has 0 atom stereocenters. The van der Waals surface area contributed by atoms with Crippen LogP contribution in [-0.4, -0.2) is 39.1 Å². The number of benzene rings is 1. The molecule has 0 radical (unpaired) electrons. The molecule has 146 valence electrons. The number of nitrogens with one attached hydrogen (secondary N) is 1. The number of hydrogen-bond acceptors (Lipinski definition) is 5. The summed E-state index contributed by atoms with van der Waals surface area (Å²) >= 11 is 7.41. The Bertz CT molecular complexity index is 792. The van der Waals surface area contributed by atoms with E-state index in [2.05, 4.69) is 27.0 Å². The molecule has 8 heteroatoms. The van der Waals surface area contributed by atoms with Gasteiger partial charge in [-0.05, 0) is 56.9 Å². The summed E-state index contributed by atoms with van der Waals surface area (Å²) in [5, 5.41) is 13.1. The van der Waals surface area contributed by atoms with E-state index in [1.54, 1.807) is 0 Å². The average molecular weight is 409 g/mol. The lowest BCUT2D eigenvalue weighted by molar-refractivity contribution is -0.118. The van der Waals surface area contributed by atoms with E-state index in [9.17, 15) is 4.79 Å². The van der Waals surface area contributed by atoms with Crippen molar-refractivity contribution in [2.75, 3.05) is 12.4 Å². The highest BCUT2D eigenvalue weighted by Crippen LogP contribution is 2.23. The zero-order valence-electron chi connectivity index (χ0n) is 15.7. The Morgan fingerprint density at radius 1 is 1.41 bits per heavy atom. The second-order valence-electron chi connectivity index (χ2n) is 6.64. The molecule has 0 saturated heterocycles. The van der Waals surface area contributed by atoms with E-state index < -0.39 is 0 Å². The maximum atomic E-state index is 11.9. The van der Waals surface area contributed by atoms with Crippen molar-refractivity contribution in [3.8, 4) is 5.75 Å². The topological polar surface area (TPSA) is 69.0 Å². The largest absolute Gasteiger partial charge is 0.493 e. The number of carbonyl (C=O) groups is 1. The fraction of sp³-hybridized carbons (Fsp3) is 0.526. The molecule has 6 nitrogen and oxygen atoms in total. The van der Waals surface area contributed by atoms with E-state index in [4.69, 9.17) is 16.3 Å². The zero-order chi connectivity index (χ0) is 19.2. The van der Waals surface area contributed by atoms with Crippen LogP contribution in [0.1, 0.15) is 37.6 Å². The van der Waals surface area contributed by atoms with Crippen LogP contribution in [0.25, 0.3) is 0 Å². The van der Waals surface area contributed by atoms with Gasteiger partial charge in [-0.15, -0.1) is 10.2 Å². The molecule has 0 bridgehead atoms. The summed E-state index contributed by atoms with van der Waals surface area (Å²) in [4.78, 5) is 11.9. The number of hydrogen-bond donors (Lipinski definition) is 1. The highest BCUT2D eigenvalue weighted by molar-refractivity contribution is 7.99. The molecule has 1 N–H and O–H groups in total.